The first-order valence-corrected chi connectivity index (χ1v) is 6.19. The predicted molar refractivity (Wildman–Crippen MR) is 74.2 cm³/mol. The summed E-state index contributed by atoms with van der Waals surface area (Å²) < 4.78 is 13.5. The van der Waals surface area contributed by atoms with Crippen molar-refractivity contribution >= 4 is 12.0 Å². The first kappa shape index (κ1) is 15.9. The second kappa shape index (κ2) is 7.41. The summed E-state index contributed by atoms with van der Waals surface area (Å²) >= 11 is 0. The van der Waals surface area contributed by atoms with Crippen molar-refractivity contribution in [2.45, 2.75) is 13.5 Å². The molecule has 20 heavy (non-hydrogen) atoms. The summed E-state index contributed by atoms with van der Waals surface area (Å²) in [7, 11) is 1.85. The Bertz CT molecular complexity index is 549. The second-order valence-electron chi connectivity index (χ2n) is 4.79. The summed E-state index contributed by atoms with van der Waals surface area (Å²) in [4.78, 5) is 12.4. The Kier molecular flexibility index (Phi) is 5.88. The Morgan fingerprint density at radius 1 is 1.55 bits per heavy atom. The van der Waals surface area contributed by atoms with Crippen LogP contribution >= 0.6 is 0 Å². The number of hydrogen-bond acceptors (Lipinski definition) is 3. The van der Waals surface area contributed by atoms with E-state index in [0.29, 0.717) is 18.7 Å². The van der Waals surface area contributed by atoms with Crippen molar-refractivity contribution < 1.29 is 14.3 Å². The quantitative estimate of drug-likeness (QED) is 0.811. The van der Waals surface area contributed by atoms with Gasteiger partial charge in [0.15, 0.2) is 0 Å². The van der Waals surface area contributed by atoms with Crippen LogP contribution in [0.3, 0.4) is 0 Å². The molecule has 1 aromatic rings. The first-order chi connectivity index (χ1) is 9.40. The van der Waals surface area contributed by atoms with Crippen molar-refractivity contribution in [2.24, 2.45) is 5.92 Å². The lowest BCUT2D eigenvalue weighted by Gasteiger charge is -2.18. The van der Waals surface area contributed by atoms with Gasteiger partial charge in [-0.2, -0.15) is 5.26 Å². The molecule has 106 valence electrons. The van der Waals surface area contributed by atoms with E-state index in [-0.39, 0.29) is 5.92 Å². The van der Waals surface area contributed by atoms with Gasteiger partial charge in [-0.15, -0.1) is 0 Å². The summed E-state index contributed by atoms with van der Waals surface area (Å²) in [5.74, 6) is -1.58. The monoisotopic (exact) mass is 276 g/mol. The van der Waals surface area contributed by atoms with E-state index in [4.69, 9.17) is 10.4 Å². The SMILES string of the molecule is CC(C#N)CN(C)Cc1cc(F)cc(C=CC(=O)O)c1. The number of aliphatic carboxylic acids is 1. The molecule has 0 bridgehead atoms. The Balaban J connectivity index is 2.80. The molecule has 0 spiro atoms. The second-order valence-corrected chi connectivity index (χ2v) is 4.79. The minimum atomic E-state index is -1.07. The van der Waals surface area contributed by atoms with Crippen molar-refractivity contribution in [3.63, 3.8) is 0 Å². The fourth-order valence-electron chi connectivity index (χ4n) is 1.91. The number of carboxylic acid groups (broad SMARTS) is 1. The van der Waals surface area contributed by atoms with Gasteiger partial charge in [-0.3, -0.25) is 0 Å². The summed E-state index contributed by atoms with van der Waals surface area (Å²) in [5, 5.41) is 17.3. The van der Waals surface area contributed by atoms with Crippen LogP contribution in [0.2, 0.25) is 0 Å². The molecular weight excluding hydrogens is 259 g/mol. The maximum absolute atomic E-state index is 13.5. The van der Waals surface area contributed by atoms with Crippen LogP contribution in [-0.4, -0.2) is 29.6 Å². The molecule has 1 aromatic carbocycles. The number of hydrogen-bond donors (Lipinski definition) is 1. The van der Waals surface area contributed by atoms with Gasteiger partial charge in [-0.1, -0.05) is 6.07 Å². The van der Waals surface area contributed by atoms with Crippen LogP contribution in [-0.2, 0) is 11.3 Å². The molecule has 0 radical (unpaired) electrons. The van der Waals surface area contributed by atoms with E-state index in [1.807, 2.05) is 18.9 Å². The van der Waals surface area contributed by atoms with E-state index in [1.165, 1.54) is 18.2 Å². The van der Waals surface area contributed by atoms with Gasteiger partial charge in [-0.25, -0.2) is 9.18 Å². The van der Waals surface area contributed by atoms with E-state index in [2.05, 4.69) is 6.07 Å². The number of nitriles is 1. The zero-order chi connectivity index (χ0) is 15.1. The van der Waals surface area contributed by atoms with Gasteiger partial charge in [0.05, 0.1) is 12.0 Å². The number of carboxylic acids is 1. The molecule has 0 aromatic heterocycles. The van der Waals surface area contributed by atoms with Crippen molar-refractivity contribution in [3.05, 3.63) is 41.2 Å². The van der Waals surface area contributed by atoms with E-state index in [1.54, 1.807) is 6.07 Å². The third-order valence-corrected chi connectivity index (χ3v) is 2.66. The molecule has 0 amide bonds. The molecule has 0 aliphatic heterocycles. The molecule has 0 aliphatic carbocycles. The molecule has 1 unspecified atom stereocenters. The summed E-state index contributed by atoms with van der Waals surface area (Å²) in [6, 6.07) is 6.56. The maximum atomic E-state index is 13.5. The highest BCUT2D eigenvalue weighted by Gasteiger charge is 2.07. The van der Waals surface area contributed by atoms with Gasteiger partial charge in [0.1, 0.15) is 5.82 Å². The van der Waals surface area contributed by atoms with Crippen molar-refractivity contribution in [1.29, 1.82) is 5.26 Å². The molecule has 0 saturated heterocycles. The van der Waals surface area contributed by atoms with Gasteiger partial charge in [0.25, 0.3) is 0 Å². The maximum Gasteiger partial charge on any atom is 0.328 e. The minimum absolute atomic E-state index is 0.0973. The molecule has 1 N–H and O–H groups in total. The number of carbonyl (C=O) groups is 1. The van der Waals surface area contributed by atoms with Crippen molar-refractivity contribution in [3.8, 4) is 6.07 Å². The summed E-state index contributed by atoms with van der Waals surface area (Å²) in [6.07, 6.45) is 2.33. The third-order valence-electron chi connectivity index (χ3n) is 2.66. The predicted octanol–water partition coefficient (Wildman–Crippen LogP) is 2.51. The zero-order valence-electron chi connectivity index (χ0n) is 11.5. The van der Waals surface area contributed by atoms with Gasteiger partial charge in [0.2, 0.25) is 0 Å². The number of rotatable bonds is 6. The van der Waals surface area contributed by atoms with Gasteiger partial charge in [0, 0.05) is 19.2 Å². The van der Waals surface area contributed by atoms with Crippen LogP contribution in [0.25, 0.3) is 6.08 Å². The average Bonchev–Trinajstić information content (AvgIpc) is 2.35. The minimum Gasteiger partial charge on any atom is -0.478 e. The molecule has 0 fully saturated rings. The molecule has 5 heteroatoms. The van der Waals surface area contributed by atoms with Crippen molar-refractivity contribution in [1.82, 2.24) is 4.90 Å². The van der Waals surface area contributed by atoms with Crippen LogP contribution < -0.4 is 0 Å². The number of nitrogens with zero attached hydrogens (tertiary/aromatic N) is 2. The van der Waals surface area contributed by atoms with Gasteiger partial charge >= 0.3 is 5.97 Å². The molecule has 0 saturated carbocycles. The summed E-state index contributed by atoms with van der Waals surface area (Å²) in [5.41, 5.74) is 1.24. The van der Waals surface area contributed by atoms with E-state index < -0.39 is 11.8 Å². The molecule has 4 nitrogen and oxygen atoms in total. The number of halogens is 1. The fourth-order valence-corrected chi connectivity index (χ4v) is 1.91. The Morgan fingerprint density at radius 2 is 2.25 bits per heavy atom. The van der Waals surface area contributed by atoms with Crippen LogP contribution in [0.4, 0.5) is 4.39 Å². The van der Waals surface area contributed by atoms with E-state index in [0.717, 1.165) is 11.6 Å². The van der Waals surface area contributed by atoms with Crippen molar-refractivity contribution in [2.75, 3.05) is 13.6 Å². The molecular formula is C15H17FN2O2. The molecule has 0 heterocycles. The Hall–Kier alpha value is -2.19. The average molecular weight is 276 g/mol. The highest BCUT2D eigenvalue weighted by atomic mass is 19.1. The van der Waals surface area contributed by atoms with Gasteiger partial charge in [-0.05, 0) is 43.3 Å². The smallest absolute Gasteiger partial charge is 0.328 e. The van der Waals surface area contributed by atoms with Gasteiger partial charge < -0.3 is 10.0 Å². The first-order valence-electron chi connectivity index (χ1n) is 6.19. The lowest BCUT2D eigenvalue weighted by atomic mass is 10.1. The summed E-state index contributed by atoms with van der Waals surface area (Å²) in [6.45, 7) is 2.91. The normalized spacial score (nSPS) is 12.6. The van der Waals surface area contributed by atoms with Crippen LogP contribution in [0.15, 0.2) is 24.3 Å². The Morgan fingerprint density at radius 3 is 2.85 bits per heavy atom. The molecule has 1 rings (SSSR count). The van der Waals surface area contributed by atoms with Crippen LogP contribution in [0.5, 0.6) is 0 Å². The molecule has 0 aliphatic rings. The zero-order valence-corrected chi connectivity index (χ0v) is 11.5. The molecule has 1 atom stereocenters. The third kappa shape index (κ3) is 5.63. The van der Waals surface area contributed by atoms with E-state index >= 15 is 0 Å². The highest BCUT2D eigenvalue weighted by Crippen LogP contribution is 2.13. The topological polar surface area (TPSA) is 64.3 Å². The highest BCUT2D eigenvalue weighted by molar-refractivity contribution is 5.85. The largest absolute Gasteiger partial charge is 0.478 e. The van der Waals surface area contributed by atoms with Crippen LogP contribution in [0, 0.1) is 23.1 Å². The fraction of sp³-hybridized carbons (Fsp3) is 0.333. The Labute approximate surface area is 117 Å². The standard InChI is InChI=1S/C15H17FN2O2/c1-11(8-17)9-18(2)10-13-5-12(3-4-15(19)20)6-14(16)7-13/h3-7,11H,9-10H2,1-2H3,(H,19,20). The lowest BCUT2D eigenvalue weighted by Crippen LogP contribution is -2.23. The van der Waals surface area contributed by atoms with E-state index in [9.17, 15) is 9.18 Å². The lowest BCUT2D eigenvalue weighted by molar-refractivity contribution is -0.131. The van der Waals surface area contributed by atoms with Crippen LogP contribution in [0.1, 0.15) is 18.1 Å². The number of benzene rings is 1.